The number of hydrogen-bond acceptors (Lipinski definition) is 5. The van der Waals surface area contributed by atoms with Gasteiger partial charge in [0.15, 0.2) is 0 Å². The predicted octanol–water partition coefficient (Wildman–Crippen LogP) is 1.55. The van der Waals surface area contributed by atoms with Crippen molar-refractivity contribution >= 4 is 5.95 Å². The van der Waals surface area contributed by atoms with Crippen LogP contribution in [0, 0.1) is 0 Å². The van der Waals surface area contributed by atoms with Gasteiger partial charge in [-0.05, 0) is 39.2 Å². The number of aryl methyl sites for hydroxylation is 2. The Balaban J connectivity index is 2.04. The van der Waals surface area contributed by atoms with Gasteiger partial charge in [0.05, 0.1) is 11.4 Å². The maximum absolute atomic E-state index is 4.58. The summed E-state index contributed by atoms with van der Waals surface area (Å²) < 4.78 is 0. The van der Waals surface area contributed by atoms with Crippen LogP contribution in [0.1, 0.15) is 45.0 Å². The van der Waals surface area contributed by atoms with Crippen LogP contribution < -0.4 is 10.6 Å². The van der Waals surface area contributed by atoms with E-state index in [2.05, 4.69) is 46.6 Å². The Morgan fingerprint density at radius 1 is 1.22 bits per heavy atom. The summed E-state index contributed by atoms with van der Waals surface area (Å²) in [5, 5.41) is 15.3. The van der Waals surface area contributed by atoms with Gasteiger partial charge in [-0.25, -0.2) is 4.98 Å². The Labute approximate surface area is 109 Å². The van der Waals surface area contributed by atoms with Crippen LogP contribution in [0.3, 0.4) is 0 Å². The number of aromatic nitrogens is 3. The highest BCUT2D eigenvalue weighted by molar-refractivity contribution is 5.27. The quantitative estimate of drug-likeness (QED) is 0.847. The standard InChI is InChI=1S/C13H23N5/c1-4-11-12(5-2)17-18-13(16-11)15-10-6-7-14-9(3)8-10/h9-10,14H,4-8H2,1-3H3,(H,15,16,18). The van der Waals surface area contributed by atoms with Crippen LogP contribution in [0.2, 0.25) is 0 Å². The zero-order chi connectivity index (χ0) is 13.0. The van der Waals surface area contributed by atoms with Crippen molar-refractivity contribution in [3.63, 3.8) is 0 Å². The van der Waals surface area contributed by atoms with Gasteiger partial charge in [0, 0.05) is 12.1 Å². The highest BCUT2D eigenvalue weighted by Gasteiger charge is 2.19. The summed E-state index contributed by atoms with van der Waals surface area (Å²) in [6, 6.07) is 1.02. The summed E-state index contributed by atoms with van der Waals surface area (Å²) in [5.41, 5.74) is 2.08. The number of nitrogens with zero attached hydrogens (tertiary/aromatic N) is 3. The molecule has 1 fully saturated rings. The summed E-state index contributed by atoms with van der Waals surface area (Å²) in [7, 11) is 0. The Bertz CT molecular complexity index is 393. The molecule has 100 valence electrons. The molecule has 0 aromatic carbocycles. The lowest BCUT2D eigenvalue weighted by molar-refractivity contribution is 0.395. The van der Waals surface area contributed by atoms with Crippen LogP contribution in [0.5, 0.6) is 0 Å². The second-order valence-electron chi connectivity index (χ2n) is 4.96. The first-order valence-electron chi connectivity index (χ1n) is 6.95. The normalized spacial score (nSPS) is 23.9. The molecular formula is C13H23N5. The molecule has 1 aliphatic heterocycles. The SMILES string of the molecule is CCc1nnc(NC2CCNC(C)C2)nc1CC. The van der Waals surface area contributed by atoms with E-state index in [-0.39, 0.29) is 0 Å². The smallest absolute Gasteiger partial charge is 0.243 e. The number of rotatable bonds is 4. The van der Waals surface area contributed by atoms with Crippen molar-refractivity contribution in [3.05, 3.63) is 11.4 Å². The third-order valence-corrected chi connectivity index (χ3v) is 3.47. The molecule has 0 radical (unpaired) electrons. The molecule has 0 saturated carbocycles. The van der Waals surface area contributed by atoms with Crippen LogP contribution in [0.15, 0.2) is 0 Å². The zero-order valence-electron chi connectivity index (χ0n) is 11.5. The van der Waals surface area contributed by atoms with Gasteiger partial charge in [0.25, 0.3) is 0 Å². The molecule has 2 atom stereocenters. The van der Waals surface area contributed by atoms with Crippen molar-refractivity contribution in [2.24, 2.45) is 0 Å². The largest absolute Gasteiger partial charge is 0.350 e. The molecule has 1 aromatic heterocycles. The number of hydrogen-bond donors (Lipinski definition) is 2. The van der Waals surface area contributed by atoms with Crippen molar-refractivity contribution in [3.8, 4) is 0 Å². The molecule has 0 amide bonds. The highest BCUT2D eigenvalue weighted by atomic mass is 15.2. The maximum atomic E-state index is 4.58. The van der Waals surface area contributed by atoms with Gasteiger partial charge in [-0.15, -0.1) is 5.10 Å². The van der Waals surface area contributed by atoms with E-state index in [0.29, 0.717) is 18.0 Å². The van der Waals surface area contributed by atoms with Gasteiger partial charge in [0.2, 0.25) is 5.95 Å². The summed E-state index contributed by atoms with van der Waals surface area (Å²) in [6.07, 6.45) is 4.04. The Kier molecular flexibility index (Phi) is 4.47. The third kappa shape index (κ3) is 3.16. The Hall–Kier alpha value is -1.23. The first-order valence-corrected chi connectivity index (χ1v) is 6.95. The van der Waals surface area contributed by atoms with E-state index in [1.807, 2.05) is 0 Å². The molecule has 2 heterocycles. The van der Waals surface area contributed by atoms with Gasteiger partial charge in [-0.1, -0.05) is 13.8 Å². The van der Waals surface area contributed by atoms with E-state index in [4.69, 9.17) is 0 Å². The molecule has 2 unspecified atom stereocenters. The number of nitrogens with one attached hydrogen (secondary N) is 2. The van der Waals surface area contributed by atoms with E-state index < -0.39 is 0 Å². The average molecular weight is 249 g/mol. The molecule has 1 aromatic rings. The van der Waals surface area contributed by atoms with E-state index in [9.17, 15) is 0 Å². The zero-order valence-corrected chi connectivity index (χ0v) is 11.5. The minimum absolute atomic E-state index is 0.459. The summed E-state index contributed by atoms with van der Waals surface area (Å²) in [6.45, 7) is 7.47. The number of anilines is 1. The minimum atomic E-state index is 0.459. The van der Waals surface area contributed by atoms with Gasteiger partial charge in [-0.3, -0.25) is 0 Å². The molecule has 18 heavy (non-hydrogen) atoms. The van der Waals surface area contributed by atoms with E-state index in [1.165, 1.54) is 0 Å². The maximum Gasteiger partial charge on any atom is 0.243 e. The molecule has 2 N–H and O–H groups in total. The third-order valence-electron chi connectivity index (χ3n) is 3.47. The fourth-order valence-corrected chi connectivity index (χ4v) is 2.44. The molecule has 0 spiro atoms. The van der Waals surface area contributed by atoms with Crippen LogP contribution in [0.4, 0.5) is 5.95 Å². The van der Waals surface area contributed by atoms with Crippen LogP contribution >= 0.6 is 0 Å². The summed E-state index contributed by atoms with van der Waals surface area (Å²) >= 11 is 0. The molecule has 0 bridgehead atoms. The fourth-order valence-electron chi connectivity index (χ4n) is 2.44. The second kappa shape index (κ2) is 6.09. The van der Waals surface area contributed by atoms with Crippen molar-refractivity contribution in [1.82, 2.24) is 20.5 Å². The van der Waals surface area contributed by atoms with Gasteiger partial charge in [0.1, 0.15) is 0 Å². The molecule has 5 heteroatoms. The molecule has 1 saturated heterocycles. The van der Waals surface area contributed by atoms with Gasteiger partial charge >= 0.3 is 0 Å². The lowest BCUT2D eigenvalue weighted by Crippen LogP contribution is -2.41. The molecule has 2 rings (SSSR count). The Morgan fingerprint density at radius 2 is 2.00 bits per heavy atom. The van der Waals surface area contributed by atoms with Gasteiger partial charge < -0.3 is 10.6 Å². The monoisotopic (exact) mass is 249 g/mol. The van der Waals surface area contributed by atoms with Crippen LogP contribution in [-0.2, 0) is 12.8 Å². The van der Waals surface area contributed by atoms with Crippen LogP contribution in [-0.4, -0.2) is 33.8 Å². The number of piperidine rings is 1. The summed E-state index contributed by atoms with van der Waals surface area (Å²) in [5.74, 6) is 0.683. The molecule has 0 aliphatic carbocycles. The Morgan fingerprint density at radius 3 is 2.67 bits per heavy atom. The fraction of sp³-hybridized carbons (Fsp3) is 0.769. The van der Waals surface area contributed by atoms with E-state index >= 15 is 0 Å². The lowest BCUT2D eigenvalue weighted by atomic mass is 10.0. The molecular weight excluding hydrogens is 226 g/mol. The van der Waals surface area contributed by atoms with E-state index in [0.717, 1.165) is 43.6 Å². The van der Waals surface area contributed by atoms with Crippen molar-refractivity contribution < 1.29 is 0 Å². The minimum Gasteiger partial charge on any atom is -0.350 e. The van der Waals surface area contributed by atoms with Crippen molar-refractivity contribution in [1.29, 1.82) is 0 Å². The van der Waals surface area contributed by atoms with Crippen molar-refractivity contribution in [2.45, 2.75) is 58.5 Å². The topological polar surface area (TPSA) is 62.7 Å². The van der Waals surface area contributed by atoms with E-state index in [1.54, 1.807) is 0 Å². The predicted molar refractivity (Wildman–Crippen MR) is 72.7 cm³/mol. The lowest BCUT2D eigenvalue weighted by Gasteiger charge is -2.28. The molecule has 5 nitrogen and oxygen atoms in total. The highest BCUT2D eigenvalue weighted by Crippen LogP contribution is 2.14. The first kappa shape index (κ1) is 13.2. The van der Waals surface area contributed by atoms with Gasteiger partial charge in [-0.2, -0.15) is 5.10 Å². The molecule has 1 aliphatic rings. The second-order valence-corrected chi connectivity index (χ2v) is 4.96. The first-order chi connectivity index (χ1) is 8.72. The van der Waals surface area contributed by atoms with Crippen molar-refractivity contribution in [2.75, 3.05) is 11.9 Å². The average Bonchev–Trinajstić information content (AvgIpc) is 2.38. The summed E-state index contributed by atoms with van der Waals surface area (Å²) in [4.78, 5) is 4.58. The van der Waals surface area contributed by atoms with Crippen LogP contribution in [0.25, 0.3) is 0 Å².